The average Bonchev–Trinajstić information content (AvgIpc) is 3.51. The van der Waals surface area contributed by atoms with Gasteiger partial charge in [0.2, 0.25) is 5.91 Å². The van der Waals surface area contributed by atoms with Gasteiger partial charge in [0.05, 0.1) is 11.7 Å². The summed E-state index contributed by atoms with van der Waals surface area (Å²) in [6.07, 6.45) is 1.77. The van der Waals surface area contributed by atoms with Gasteiger partial charge in [-0.05, 0) is 91.4 Å². The van der Waals surface area contributed by atoms with Crippen LogP contribution in [0.3, 0.4) is 0 Å². The molecule has 5 rings (SSSR count). The maximum atomic E-state index is 12.0. The summed E-state index contributed by atoms with van der Waals surface area (Å²) >= 11 is 13.4. The van der Waals surface area contributed by atoms with Crippen LogP contribution in [0.25, 0.3) is 0 Å². The lowest BCUT2D eigenvalue weighted by molar-refractivity contribution is -0.119. The lowest BCUT2D eigenvalue weighted by atomic mass is 10.0. The Kier molecular flexibility index (Phi) is 7.99. The number of ether oxygens (including phenoxy) is 1. The fraction of sp³-hybridized carbons (Fsp3) is 0.179. The number of nitrogens with one attached hydrogen (secondary N) is 2. The lowest BCUT2D eigenvalue weighted by Crippen LogP contribution is -2.29. The fourth-order valence-electron chi connectivity index (χ4n) is 4.34. The minimum atomic E-state index is -0.287. The molecule has 0 bridgehead atoms. The van der Waals surface area contributed by atoms with E-state index in [1.54, 1.807) is 6.20 Å². The zero-order valence-electron chi connectivity index (χ0n) is 20.7. The number of carbonyl (C=O) groups is 1. The molecule has 1 aliphatic rings. The third kappa shape index (κ3) is 5.71. The number of nitrogens with zero attached hydrogens (tertiary/aromatic N) is 2. The lowest BCUT2D eigenvalue weighted by Gasteiger charge is -2.26. The van der Waals surface area contributed by atoms with Crippen molar-refractivity contribution in [2.45, 2.75) is 29.0 Å². The van der Waals surface area contributed by atoms with Crippen molar-refractivity contribution in [1.82, 2.24) is 10.3 Å². The van der Waals surface area contributed by atoms with Crippen molar-refractivity contribution in [3.8, 4) is 0 Å². The molecule has 2 atom stereocenters. The molecule has 0 saturated carbocycles. The molecule has 4 aromatic rings. The predicted octanol–water partition coefficient (Wildman–Crippen LogP) is 6.55. The van der Waals surface area contributed by atoms with E-state index in [1.165, 1.54) is 18.9 Å². The van der Waals surface area contributed by atoms with Crippen molar-refractivity contribution in [1.29, 1.82) is 0 Å². The second kappa shape index (κ2) is 11.6. The number of aryl methyl sites for hydroxylation is 1. The molecule has 2 N–H and O–H groups in total. The Morgan fingerprint density at radius 1 is 1.18 bits per heavy atom. The van der Waals surface area contributed by atoms with Gasteiger partial charge in [0.15, 0.2) is 10.2 Å². The Morgan fingerprint density at radius 2 is 2.00 bits per heavy atom. The van der Waals surface area contributed by atoms with Crippen molar-refractivity contribution in [3.05, 3.63) is 101 Å². The van der Waals surface area contributed by atoms with Gasteiger partial charge < -0.3 is 24.7 Å². The molecule has 0 aliphatic carbocycles. The fourth-order valence-corrected chi connectivity index (χ4v) is 5.59. The highest BCUT2D eigenvalue weighted by Gasteiger charge is 2.42. The van der Waals surface area contributed by atoms with Crippen LogP contribution < -0.4 is 15.5 Å². The van der Waals surface area contributed by atoms with Gasteiger partial charge in [0, 0.05) is 34.6 Å². The van der Waals surface area contributed by atoms with Crippen LogP contribution in [-0.2, 0) is 9.53 Å². The number of thiocarbonyl (C=S) groups is 1. The van der Waals surface area contributed by atoms with Crippen LogP contribution in [0.2, 0.25) is 5.02 Å². The summed E-state index contributed by atoms with van der Waals surface area (Å²) in [5.74, 6) is 0.538. The van der Waals surface area contributed by atoms with E-state index in [0.29, 0.717) is 15.8 Å². The van der Waals surface area contributed by atoms with Crippen molar-refractivity contribution >= 4 is 58.0 Å². The second-order valence-corrected chi connectivity index (χ2v) is 10.6. The molecule has 38 heavy (non-hydrogen) atoms. The van der Waals surface area contributed by atoms with Crippen LogP contribution in [0.1, 0.15) is 29.1 Å². The number of rotatable bonds is 8. The van der Waals surface area contributed by atoms with Gasteiger partial charge >= 0.3 is 0 Å². The van der Waals surface area contributed by atoms with Gasteiger partial charge in [-0.3, -0.25) is 9.78 Å². The Morgan fingerprint density at radius 3 is 2.71 bits per heavy atom. The summed E-state index contributed by atoms with van der Waals surface area (Å²) in [5, 5.41) is 8.32. The van der Waals surface area contributed by atoms with Gasteiger partial charge in [-0.1, -0.05) is 29.4 Å². The number of hydrogen-bond donors (Lipinski definition) is 2. The normalized spacial score (nSPS) is 16.9. The first-order valence-electron chi connectivity index (χ1n) is 11.9. The van der Waals surface area contributed by atoms with E-state index in [1.807, 2.05) is 84.6 Å². The van der Waals surface area contributed by atoms with Gasteiger partial charge in [-0.25, -0.2) is 0 Å². The molecule has 2 aromatic carbocycles. The number of carbonyl (C=O) groups excluding carboxylic acids is 1. The quantitative estimate of drug-likeness (QED) is 0.233. The first kappa shape index (κ1) is 26.2. The number of halogens is 1. The highest BCUT2D eigenvalue weighted by atomic mass is 35.5. The maximum Gasteiger partial charge on any atom is 0.250 e. The van der Waals surface area contributed by atoms with Gasteiger partial charge in [-0.2, -0.15) is 0 Å². The van der Waals surface area contributed by atoms with Crippen LogP contribution in [-0.4, -0.2) is 29.7 Å². The summed E-state index contributed by atoms with van der Waals surface area (Å²) in [4.78, 5) is 19.7. The van der Waals surface area contributed by atoms with E-state index in [9.17, 15) is 4.79 Å². The zero-order valence-corrected chi connectivity index (χ0v) is 23.1. The van der Waals surface area contributed by atoms with E-state index >= 15 is 0 Å². The predicted molar refractivity (Wildman–Crippen MR) is 154 cm³/mol. The molecular formula is C28H25ClN4O3S2. The molecule has 0 radical (unpaired) electrons. The van der Waals surface area contributed by atoms with Gasteiger partial charge in [0.1, 0.15) is 18.4 Å². The summed E-state index contributed by atoms with van der Waals surface area (Å²) in [6, 6.07) is 22.7. The average molecular weight is 565 g/mol. The van der Waals surface area contributed by atoms with Gasteiger partial charge in [0.25, 0.3) is 0 Å². The molecule has 2 aromatic heterocycles. The third-order valence-electron chi connectivity index (χ3n) is 6.06. The SMILES string of the molecule is COCC(=O)Nc1ccc(N2C(=S)N[C@H](c3ccccn3)[C@@H]2c2ccc(Sc3ccc(Cl)cc3)o2)cc1C. The Hall–Kier alpha value is -3.37. The summed E-state index contributed by atoms with van der Waals surface area (Å²) in [7, 11) is 1.49. The largest absolute Gasteiger partial charge is 0.452 e. The number of furan rings is 1. The van der Waals surface area contributed by atoms with Crippen LogP contribution in [0.4, 0.5) is 11.4 Å². The summed E-state index contributed by atoms with van der Waals surface area (Å²) in [5.41, 5.74) is 3.34. The van der Waals surface area contributed by atoms with E-state index in [-0.39, 0.29) is 24.6 Å². The summed E-state index contributed by atoms with van der Waals surface area (Å²) in [6.45, 7) is 1.93. The highest BCUT2D eigenvalue weighted by Crippen LogP contribution is 2.44. The highest BCUT2D eigenvalue weighted by molar-refractivity contribution is 7.99. The molecule has 1 saturated heterocycles. The summed E-state index contributed by atoms with van der Waals surface area (Å²) < 4.78 is 11.3. The Bertz CT molecular complexity index is 1450. The van der Waals surface area contributed by atoms with Crippen molar-refractivity contribution in [2.75, 3.05) is 23.9 Å². The molecule has 194 valence electrons. The molecule has 0 spiro atoms. The number of aromatic nitrogens is 1. The molecule has 1 fully saturated rings. The second-order valence-electron chi connectivity index (χ2n) is 8.69. The molecule has 0 unspecified atom stereocenters. The number of amides is 1. The first-order valence-corrected chi connectivity index (χ1v) is 13.5. The van der Waals surface area contributed by atoms with E-state index < -0.39 is 0 Å². The minimum Gasteiger partial charge on any atom is -0.452 e. The first-order chi connectivity index (χ1) is 18.4. The maximum absolute atomic E-state index is 12.0. The molecule has 10 heteroatoms. The Labute approximate surface area is 235 Å². The topological polar surface area (TPSA) is 79.6 Å². The van der Waals surface area contributed by atoms with Crippen LogP contribution in [0.5, 0.6) is 0 Å². The molecule has 1 aliphatic heterocycles. The molecule has 3 heterocycles. The molecule has 7 nitrogen and oxygen atoms in total. The number of benzene rings is 2. The van der Waals surface area contributed by atoms with Crippen molar-refractivity contribution < 1.29 is 13.9 Å². The standard InChI is InChI=1S/C28H25ClN4O3S2/c1-17-15-19(8-11-21(17)31-24(34)16-35-2)33-27(26(32-28(33)37)22-5-3-4-14-30-22)23-12-13-25(36-23)38-20-9-6-18(29)7-10-20/h3-15,26-27H,16H2,1-2H3,(H,31,34)(H,32,37)/t26-,27+/m1/s1. The number of methoxy groups -OCH3 is 1. The molecular weight excluding hydrogens is 540 g/mol. The van der Waals surface area contributed by atoms with Crippen molar-refractivity contribution in [2.24, 2.45) is 0 Å². The smallest absolute Gasteiger partial charge is 0.250 e. The number of anilines is 2. The zero-order chi connectivity index (χ0) is 26.6. The van der Waals surface area contributed by atoms with Crippen LogP contribution in [0, 0.1) is 6.92 Å². The van der Waals surface area contributed by atoms with Crippen LogP contribution >= 0.6 is 35.6 Å². The molecule has 1 amide bonds. The van der Waals surface area contributed by atoms with Crippen LogP contribution in [0.15, 0.2) is 93.4 Å². The van der Waals surface area contributed by atoms with E-state index in [4.69, 9.17) is 33.0 Å². The van der Waals surface area contributed by atoms with E-state index in [2.05, 4.69) is 15.6 Å². The Balaban J connectivity index is 1.48. The third-order valence-corrected chi connectivity index (χ3v) is 7.56. The minimum absolute atomic E-state index is 0.00991. The van der Waals surface area contributed by atoms with E-state index in [0.717, 1.165) is 32.7 Å². The van der Waals surface area contributed by atoms with Crippen molar-refractivity contribution in [3.63, 3.8) is 0 Å². The van der Waals surface area contributed by atoms with Gasteiger partial charge in [-0.15, -0.1) is 0 Å². The monoisotopic (exact) mass is 564 g/mol. The number of pyridine rings is 1. The number of hydrogen-bond acceptors (Lipinski definition) is 6.